The summed E-state index contributed by atoms with van der Waals surface area (Å²) in [5, 5.41) is 0. The second kappa shape index (κ2) is 2.23. The molecule has 6 atom stereocenters. The summed E-state index contributed by atoms with van der Waals surface area (Å²) < 4.78 is 4.77. The summed E-state index contributed by atoms with van der Waals surface area (Å²) >= 11 is 0. The predicted molar refractivity (Wildman–Crippen MR) is 50.3 cm³/mol. The summed E-state index contributed by atoms with van der Waals surface area (Å²) in [4.78, 5) is 23.2. The van der Waals surface area contributed by atoms with Crippen LogP contribution in [0.2, 0.25) is 0 Å². The molecule has 0 N–H and O–H groups in total. The third-order valence-corrected chi connectivity index (χ3v) is 4.41. The smallest absolute Gasteiger partial charge is 0.318 e. The minimum Gasteiger partial charge on any atom is -0.393 e. The maximum atomic E-state index is 11.6. The number of rotatable bonds is 0. The van der Waals surface area contributed by atoms with Gasteiger partial charge in [0.25, 0.3) is 0 Å². The molecule has 0 spiro atoms. The molecule has 0 aromatic carbocycles. The van der Waals surface area contributed by atoms with Crippen molar-refractivity contribution in [1.29, 1.82) is 0 Å². The Morgan fingerprint density at radius 2 is 1.13 bits per heavy atom. The Bertz CT molecular complexity index is 396. The van der Waals surface area contributed by atoms with Crippen molar-refractivity contribution in [3.63, 3.8) is 0 Å². The monoisotopic (exact) mass is 202 g/mol. The molecule has 2 bridgehead atoms. The third-order valence-electron chi connectivity index (χ3n) is 4.41. The van der Waals surface area contributed by atoms with Gasteiger partial charge in [0, 0.05) is 0 Å². The third kappa shape index (κ3) is 0.715. The van der Waals surface area contributed by atoms with Crippen LogP contribution in [0.5, 0.6) is 0 Å². The van der Waals surface area contributed by atoms with Crippen LogP contribution in [0.4, 0.5) is 0 Å². The van der Waals surface area contributed by atoms with E-state index in [0.717, 1.165) is 0 Å². The molecule has 1 saturated heterocycles. The highest BCUT2D eigenvalue weighted by Crippen LogP contribution is 2.58. The van der Waals surface area contributed by atoms with Crippen molar-refractivity contribution in [2.75, 3.05) is 0 Å². The maximum absolute atomic E-state index is 11.6. The van der Waals surface area contributed by atoms with Crippen LogP contribution in [0.3, 0.4) is 0 Å². The number of allylic oxidation sites excluding steroid dienone is 4. The van der Waals surface area contributed by atoms with Crippen LogP contribution >= 0.6 is 0 Å². The molecule has 15 heavy (non-hydrogen) atoms. The van der Waals surface area contributed by atoms with Gasteiger partial charge in [0.2, 0.25) is 0 Å². The van der Waals surface area contributed by atoms with Crippen molar-refractivity contribution in [3.8, 4) is 0 Å². The Hall–Kier alpha value is -1.38. The van der Waals surface area contributed by atoms with Gasteiger partial charge >= 0.3 is 11.9 Å². The maximum Gasteiger partial charge on any atom is 0.318 e. The van der Waals surface area contributed by atoms with Crippen LogP contribution in [0.1, 0.15) is 0 Å². The quantitative estimate of drug-likeness (QED) is 0.333. The van der Waals surface area contributed by atoms with Gasteiger partial charge in [-0.05, 0) is 23.7 Å². The Balaban J connectivity index is 1.88. The second-order valence-corrected chi connectivity index (χ2v) is 4.87. The van der Waals surface area contributed by atoms with Crippen LogP contribution < -0.4 is 0 Å². The first-order valence-corrected chi connectivity index (χ1v) is 5.39. The average Bonchev–Trinajstić information content (AvgIpc) is 2.44. The van der Waals surface area contributed by atoms with E-state index >= 15 is 0 Å². The highest BCUT2D eigenvalue weighted by atomic mass is 16.6. The molecule has 1 saturated carbocycles. The van der Waals surface area contributed by atoms with E-state index in [4.69, 9.17) is 4.74 Å². The SMILES string of the molecule is O=C1OC(=O)[C@@H]2[C@H]3C=C[C@@H]([C@@H]4C=C[C@H]43)[C@@H]12. The lowest BCUT2D eigenvalue weighted by Gasteiger charge is -2.51. The van der Waals surface area contributed by atoms with Gasteiger partial charge in [0.1, 0.15) is 0 Å². The molecule has 0 amide bonds. The zero-order valence-corrected chi connectivity index (χ0v) is 8.00. The van der Waals surface area contributed by atoms with Crippen LogP contribution in [0, 0.1) is 35.5 Å². The molecule has 0 aromatic heterocycles. The molecule has 4 aliphatic carbocycles. The van der Waals surface area contributed by atoms with Gasteiger partial charge in [-0.25, -0.2) is 0 Å². The number of cyclic esters (lactones) is 2. The number of esters is 2. The molecule has 76 valence electrons. The molecule has 0 aromatic rings. The topological polar surface area (TPSA) is 43.4 Å². The Kier molecular flexibility index (Phi) is 1.17. The molecule has 0 radical (unpaired) electrons. The molecule has 1 heterocycles. The van der Waals surface area contributed by atoms with Crippen molar-refractivity contribution in [2.24, 2.45) is 35.5 Å². The number of hydrogen-bond acceptors (Lipinski definition) is 3. The van der Waals surface area contributed by atoms with Gasteiger partial charge in [0.15, 0.2) is 0 Å². The van der Waals surface area contributed by atoms with E-state index in [-0.39, 0.29) is 35.6 Å². The minimum absolute atomic E-state index is 0.196. The Morgan fingerprint density at radius 1 is 0.733 bits per heavy atom. The van der Waals surface area contributed by atoms with Gasteiger partial charge in [0.05, 0.1) is 11.8 Å². The van der Waals surface area contributed by atoms with Gasteiger partial charge in [-0.3, -0.25) is 9.59 Å². The van der Waals surface area contributed by atoms with E-state index < -0.39 is 0 Å². The number of carbonyl (C=O) groups excluding carboxylic acids is 2. The van der Waals surface area contributed by atoms with E-state index in [1.54, 1.807) is 0 Å². The van der Waals surface area contributed by atoms with Crippen LogP contribution in [0.15, 0.2) is 24.3 Å². The minimum atomic E-state index is -0.303. The number of ether oxygens (including phenoxy) is 1. The fraction of sp³-hybridized carbons (Fsp3) is 0.500. The van der Waals surface area contributed by atoms with E-state index in [2.05, 4.69) is 24.3 Å². The Morgan fingerprint density at radius 3 is 1.53 bits per heavy atom. The number of carbonyl (C=O) groups is 2. The first-order valence-electron chi connectivity index (χ1n) is 5.39. The normalized spacial score (nSPS) is 53.6. The largest absolute Gasteiger partial charge is 0.393 e. The first kappa shape index (κ1) is 7.85. The lowest BCUT2D eigenvalue weighted by atomic mass is 9.50. The van der Waals surface area contributed by atoms with Gasteiger partial charge in [-0.2, -0.15) is 0 Å². The lowest BCUT2D eigenvalue weighted by Crippen LogP contribution is -2.50. The van der Waals surface area contributed by atoms with E-state index in [9.17, 15) is 9.59 Å². The average molecular weight is 202 g/mol. The molecule has 5 aliphatic rings. The molecular formula is C12H10O3. The number of hydrogen-bond donors (Lipinski definition) is 0. The summed E-state index contributed by atoms with van der Waals surface area (Å²) in [5.74, 6) is 0.353. The van der Waals surface area contributed by atoms with Gasteiger partial charge < -0.3 is 4.74 Å². The zero-order valence-electron chi connectivity index (χ0n) is 8.00. The fourth-order valence-electron chi connectivity index (χ4n) is 3.69. The molecule has 3 heteroatoms. The summed E-state index contributed by atoms with van der Waals surface area (Å²) in [7, 11) is 0. The van der Waals surface area contributed by atoms with Crippen LogP contribution in [-0.4, -0.2) is 11.9 Å². The van der Waals surface area contributed by atoms with E-state index in [1.165, 1.54) is 0 Å². The highest BCUT2D eigenvalue weighted by Gasteiger charge is 2.61. The van der Waals surface area contributed by atoms with Gasteiger partial charge in [-0.15, -0.1) is 0 Å². The predicted octanol–water partition coefficient (Wildman–Crippen LogP) is 0.920. The van der Waals surface area contributed by atoms with Crippen molar-refractivity contribution < 1.29 is 14.3 Å². The van der Waals surface area contributed by atoms with Gasteiger partial charge in [-0.1, -0.05) is 24.3 Å². The summed E-state index contributed by atoms with van der Waals surface area (Å²) in [6.45, 7) is 0. The van der Waals surface area contributed by atoms with Crippen molar-refractivity contribution in [3.05, 3.63) is 24.3 Å². The standard InChI is InChI=1S/C12H10O3/c13-11-9-7-3-4-8(6-2-1-5(6)7)10(9)12(14)15-11/h1-10H/t5-,6-,7+,8+,9-,10-/m1/s1. The van der Waals surface area contributed by atoms with Crippen molar-refractivity contribution in [2.45, 2.75) is 0 Å². The first-order chi connectivity index (χ1) is 7.27. The van der Waals surface area contributed by atoms with Crippen molar-refractivity contribution in [1.82, 2.24) is 0 Å². The molecular weight excluding hydrogens is 192 g/mol. The van der Waals surface area contributed by atoms with E-state index in [0.29, 0.717) is 11.8 Å². The summed E-state index contributed by atoms with van der Waals surface area (Å²) in [5.41, 5.74) is 0. The lowest BCUT2D eigenvalue weighted by molar-refractivity contribution is -0.154. The highest BCUT2D eigenvalue weighted by molar-refractivity contribution is 5.97. The summed E-state index contributed by atoms with van der Waals surface area (Å²) in [6.07, 6.45) is 8.54. The van der Waals surface area contributed by atoms with E-state index in [1.807, 2.05) is 0 Å². The second-order valence-electron chi connectivity index (χ2n) is 4.87. The molecule has 2 fully saturated rings. The molecule has 1 aliphatic heterocycles. The summed E-state index contributed by atoms with van der Waals surface area (Å²) in [6, 6.07) is 0. The fourth-order valence-corrected chi connectivity index (χ4v) is 3.69. The zero-order chi connectivity index (χ0) is 10.2. The van der Waals surface area contributed by atoms with Crippen LogP contribution in [0.25, 0.3) is 0 Å². The molecule has 0 unspecified atom stereocenters. The van der Waals surface area contributed by atoms with Crippen molar-refractivity contribution >= 4 is 11.9 Å². The molecule has 5 rings (SSSR count). The van der Waals surface area contributed by atoms with Crippen LogP contribution in [-0.2, 0) is 14.3 Å². The Labute approximate surface area is 86.8 Å². The molecule has 3 nitrogen and oxygen atoms in total.